The molecule has 3 unspecified atom stereocenters. The molecule has 14 heteroatoms. The summed E-state index contributed by atoms with van der Waals surface area (Å²) in [5.74, 6) is -0.293. The maximum absolute atomic E-state index is 11.2. The zero-order valence-corrected chi connectivity index (χ0v) is 16.6. The molecule has 0 amide bonds. The number of nitrogens with two attached hydrogens (primary N) is 1. The van der Waals surface area contributed by atoms with E-state index in [0.29, 0.717) is 0 Å². The first-order valence-corrected chi connectivity index (χ1v) is 9.49. The van der Waals surface area contributed by atoms with Crippen LogP contribution in [0.3, 0.4) is 0 Å². The van der Waals surface area contributed by atoms with E-state index in [1.54, 1.807) is 0 Å². The molecular weight excluding hydrogens is 432 g/mol. The molecule has 5 atom stereocenters. The van der Waals surface area contributed by atoms with Crippen molar-refractivity contribution in [2.24, 2.45) is 20.7 Å². The minimum absolute atomic E-state index is 0.00796. The Kier molecular flexibility index (Phi) is 5.18. The summed E-state index contributed by atoms with van der Waals surface area (Å²) in [4.78, 5) is 24.4. The van der Waals surface area contributed by atoms with Crippen LogP contribution in [-0.2, 0) is 11.2 Å². The Hall–Kier alpha value is -3.04. The van der Waals surface area contributed by atoms with E-state index in [0.717, 1.165) is 6.07 Å². The van der Waals surface area contributed by atoms with Gasteiger partial charge in [-0.3, -0.25) is 20.0 Å². The number of aliphatic hydroxyl groups excluding tert-OH is 3. The number of aliphatic hydroxyl groups is 3. The molecule has 1 fully saturated rings. The highest BCUT2D eigenvalue weighted by molar-refractivity contribution is 7.80. The van der Waals surface area contributed by atoms with Gasteiger partial charge in [0, 0.05) is 24.1 Å². The van der Waals surface area contributed by atoms with Crippen LogP contribution in [-0.4, -0.2) is 90.1 Å². The fraction of sp³-hybridized carbons (Fsp3) is 0.412. The Morgan fingerprint density at radius 1 is 1.32 bits per heavy atom. The van der Waals surface area contributed by atoms with Crippen LogP contribution >= 0.6 is 12.2 Å². The monoisotopic (exact) mass is 450 g/mol. The van der Waals surface area contributed by atoms with E-state index in [-0.39, 0.29) is 40.2 Å². The number of aliphatic imine (C=N–C) groups is 3. The van der Waals surface area contributed by atoms with Gasteiger partial charge in [0.25, 0.3) is 5.69 Å². The Balaban J connectivity index is 1.74. The van der Waals surface area contributed by atoms with Crippen LogP contribution in [0.5, 0.6) is 5.75 Å². The average molecular weight is 450 g/mol. The predicted molar refractivity (Wildman–Crippen MR) is 111 cm³/mol. The number of nitro benzene ring substituents is 1. The number of ether oxygens (including phenoxy) is 1. The number of thiocarbonyl (C=S) groups is 1. The minimum atomic E-state index is -1.46. The third kappa shape index (κ3) is 3.34. The maximum Gasteiger partial charge on any atom is 0.269 e. The highest BCUT2D eigenvalue weighted by atomic mass is 32.1. The van der Waals surface area contributed by atoms with Gasteiger partial charge < -0.3 is 30.9 Å². The molecule has 6 N–H and O–H groups in total. The molecule has 1 saturated heterocycles. The molecule has 0 spiro atoms. The Morgan fingerprint density at radius 2 is 2.06 bits per heavy atom. The lowest BCUT2D eigenvalue weighted by Crippen LogP contribution is -2.55. The van der Waals surface area contributed by atoms with Crippen molar-refractivity contribution in [3.05, 3.63) is 33.9 Å². The van der Waals surface area contributed by atoms with E-state index in [1.807, 2.05) is 0 Å². The number of fused-ring (bicyclic) bond motifs is 1. The van der Waals surface area contributed by atoms with Gasteiger partial charge in [-0.15, -0.1) is 0 Å². The number of aromatic hydroxyl groups is 1. The lowest BCUT2D eigenvalue weighted by molar-refractivity contribution is -0.384. The SMILES string of the molecule is NC1=NC(=S)C2(Cc3cc([N+](=O)[O-])ccc3O)N=CN([C@@H]3O[C@H](CO)C(O)C3O)C2=N1. The Labute approximate surface area is 180 Å². The fourth-order valence-electron chi connectivity index (χ4n) is 3.72. The number of amidine groups is 1. The van der Waals surface area contributed by atoms with E-state index in [2.05, 4.69) is 15.0 Å². The van der Waals surface area contributed by atoms with Crippen molar-refractivity contribution in [2.75, 3.05) is 6.61 Å². The van der Waals surface area contributed by atoms with E-state index >= 15 is 0 Å². The van der Waals surface area contributed by atoms with Gasteiger partial charge in [0.05, 0.1) is 17.9 Å². The highest BCUT2D eigenvalue weighted by Crippen LogP contribution is 2.37. The molecule has 0 aromatic heterocycles. The van der Waals surface area contributed by atoms with Crippen LogP contribution in [0.1, 0.15) is 5.56 Å². The highest BCUT2D eigenvalue weighted by Gasteiger charge is 2.55. The molecule has 0 bridgehead atoms. The topological polar surface area (TPSA) is 200 Å². The largest absolute Gasteiger partial charge is 0.508 e. The number of phenolic OH excluding ortho intramolecular Hbond substituents is 1. The smallest absolute Gasteiger partial charge is 0.269 e. The molecule has 3 heterocycles. The van der Waals surface area contributed by atoms with Gasteiger partial charge in [-0.05, 0) is 6.07 Å². The lowest BCUT2D eigenvalue weighted by Gasteiger charge is -2.34. The number of nitrogens with zero attached hydrogens (tertiary/aromatic N) is 5. The molecule has 31 heavy (non-hydrogen) atoms. The summed E-state index contributed by atoms with van der Waals surface area (Å²) < 4.78 is 5.55. The number of hydrogen-bond acceptors (Lipinski definition) is 12. The van der Waals surface area contributed by atoms with Crippen LogP contribution < -0.4 is 5.73 Å². The second-order valence-corrected chi connectivity index (χ2v) is 7.59. The molecule has 1 aromatic carbocycles. The number of non-ortho nitro benzene ring substituents is 1. The van der Waals surface area contributed by atoms with Crippen LogP contribution in [0.25, 0.3) is 0 Å². The summed E-state index contributed by atoms with van der Waals surface area (Å²) in [6.07, 6.45) is -3.84. The molecule has 0 saturated carbocycles. The number of guanidine groups is 1. The van der Waals surface area contributed by atoms with Gasteiger partial charge in [0.1, 0.15) is 29.0 Å². The van der Waals surface area contributed by atoms with Gasteiger partial charge >= 0.3 is 0 Å². The van der Waals surface area contributed by atoms with Crippen molar-refractivity contribution in [3.63, 3.8) is 0 Å². The van der Waals surface area contributed by atoms with Gasteiger partial charge in [-0.1, -0.05) is 12.2 Å². The molecule has 3 aliphatic heterocycles. The van der Waals surface area contributed by atoms with Crippen molar-refractivity contribution in [3.8, 4) is 5.75 Å². The van der Waals surface area contributed by atoms with E-state index in [1.165, 1.54) is 23.4 Å². The normalized spacial score (nSPS) is 32.1. The van der Waals surface area contributed by atoms with E-state index in [4.69, 9.17) is 22.7 Å². The molecule has 1 aromatic rings. The third-order valence-electron chi connectivity index (χ3n) is 5.32. The van der Waals surface area contributed by atoms with Crippen LogP contribution in [0.15, 0.2) is 33.2 Å². The maximum atomic E-state index is 11.2. The Bertz CT molecular complexity index is 1050. The van der Waals surface area contributed by atoms with Crippen LogP contribution in [0.2, 0.25) is 0 Å². The van der Waals surface area contributed by atoms with Crippen molar-refractivity contribution in [1.29, 1.82) is 0 Å². The van der Waals surface area contributed by atoms with Gasteiger partial charge in [-0.2, -0.15) is 4.99 Å². The second kappa shape index (κ2) is 7.58. The molecule has 13 nitrogen and oxygen atoms in total. The van der Waals surface area contributed by atoms with E-state index < -0.39 is 41.6 Å². The number of nitro groups is 1. The third-order valence-corrected chi connectivity index (χ3v) is 5.75. The summed E-state index contributed by atoms with van der Waals surface area (Å²) in [6, 6.07) is 3.54. The van der Waals surface area contributed by atoms with Crippen LogP contribution in [0.4, 0.5) is 5.69 Å². The fourth-order valence-corrected chi connectivity index (χ4v) is 4.03. The molecule has 0 aliphatic carbocycles. The summed E-state index contributed by atoms with van der Waals surface area (Å²) in [7, 11) is 0. The standard InChI is InChI=1S/C17H18N6O7S/c18-16-20-14-17(15(31)21-16,4-7-3-8(23(28)29)1-2-9(7)25)19-6-22(14)13-12(27)11(26)10(5-24)30-13/h1-3,6,10-13,24-27H,4-5H2,(H2,18,21,31)/t10-,11?,12?,13-,17?/m1/s1. The molecule has 0 radical (unpaired) electrons. The quantitative estimate of drug-likeness (QED) is 0.198. The predicted octanol–water partition coefficient (Wildman–Crippen LogP) is -1.58. The molecule has 3 aliphatic rings. The number of rotatable bonds is 5. The molecule has 164 valence electrons. The first-order chi connectivity index (χ1) is 14.7. The summed E-state index contributed by atoms with van der Waals surface area (Å²) >= 11 is 5.39. The summed E-state index contributed by atoms with van der Waals surface area (Å²) in [5.41, 5.74) is 4.23. The number of phenols is 1. The number of hydrogen-bond donors (Lipinski definition) is 5. The van der Waals surface area contributed by atoms with Gasteiger partial charge in [0.15, 0.2) is 17.6 Å². The van der Waals surface area contributed by atoms with Crippen LogP contribution in [0, 0.1) is 10.1 Å². The first kappa shape index (κ1) is 21.2. The average Bonchev–Trinajstić information content (AvgIpc) is 3.22. The van der Waals surface area contributed by atoms with Gasteiger partial charge in [-0.25, -0.2) is 4.99 Å². The lowest BCUT2D eigenvalue weighted by atomic mass is 9.88. The van der Waals surface area contributed by atoms with Gasteiger partial charge in [0.2, 0.25) is 5.96 Å². The molecule has 4 rings (SSSR count). The van der Waals surface area contributed by atoms with Crippen molar-refractivity contribution >= 4 is 41.0 Å². The zero-order chi connectivity index (χ0) is 22.5. The molecular formula is C17H18N6O7S. The zero-order valence-electron chi connectivity index (χ0n) is 15.8. The van der Waals surface area contributed by atoms with Crippen molar-refractivity contribution < 1.29 is 30.1 Å². The summed E-state index contributed by atoms with van der Waals surface area (Å²) in [6.45, 7) is -0.527. The minimum Gasteiger partial charge on any atom is -0.508 e. The van der Waals surface area contributed by atoms with Crippen molar-refractivity contribution in [1.82, 2.24) is 4.90 Å². The number of benzene rings is 1. The Morgan fingerprint density at radius 3 is 2.71 bits per heavy atom. The first-order valence-electron chi connectivity index (χ1n) is 9.08. The second-order valence-electron chi connectivity index (χ2n) is 7.20. The van der Waals surface area contributed by atoms with Crippen molar-refractivity contribution in [2.45, 2.75) is 36.5 Å². The van der Waals surface area contributed by atoms with E-state index in [9.17, 15) is 30.5 Å². The summed E-state index contributed by atoms with van der Waals surface area (Å²) in [5, 5.41) is 51.3.